The van der Waals surface area contributed by atoms with Crippen LogP contribution in [0.4, 0.5) is 0 Å². The number of epoxide rings is 1. The second kappa shape index (κ2) is 2.12. The fourth-order valence-corrected chi connectivity index (χ4v) is 0.517. The van der Waals surface area contributed by atoms with Crippen LogP contribution in [0.2, 0.25) is 0 Å². The maximum atomic E-state index is 5.12. The number of ether oxygens (including phenoxy) is 1. The summed E-state index contributed by atoms with van der Waals surface area (Å²) in [7, 11) is 0. The Morgan fingerprint density at radius 3 is 3.00 bits per heavy atom. The number of hydrogen-bond acceptors (Lipinski definition) is 1. The zero-order valence-electron chi connectivity index (χ0n) is 4.26. The van der Waals surface area contributed by atoms with Gasteiger partial charge in [-0.25, -0.2) is 0 Å². The fourth-order valence-electron chi connectivity index (χ4n) is 0.517. The maximum absolute atomic E-state index is 5.12. The average molecular weight is 97.1 g/mol. The van der Waals surface area contributed by atoms with Gasteiger partial charge in [0.05, 0.1) is 12.7 Å². The van der Waals surface area contributed by atoms with Gasteiger partial charge in [0.2, 0.25) is 0 Å². The monoisotopic (exact) mass is 97.1 g/mol. The molecule has 7 heavy (non-hydrogen) atoms. The Morgan fingerprint density at radius 1 is 1.86 bits per heavy atom. The van der Waals surface area contributed by atoms with Gasteiger partial charge in [-0.1, -0.05) is 12.7 Å². The molecule has 1 aliphatic rings. The lowest BCUT2D eigenvalue weighted by atomic mass is 10.2. The topological polar surface area (TPSA) is 12.5 Å². The molecule has 0 N–H and O–H groups in total. The minimum absolute atomic E-state index is 0.541. The largest absolute Gasteiger partial charge is 0.373 e. The van der Waals surface area contributed by atoms with Crippen LogP contribution in [-0.4, -0.2) is 12.7 Å². The van der Waals surface area contributed by atoms with Gasteiger partial charge in [0.1, 0.15) is 0 Å². The van der Waals surface area contributed by atoms with E-state index in [1.165, 1.54) is 0 Å². The second-order valence-electron chi connectivity index (χ2n) is 1.77. The van der Waals surface area contributed by atoms with Crippen molar-refractivity contribution in [3.05, 3.63) is 12.7 Å². The summed E-state index contributed by atoms with van der Waals surface area (Å²) in [6.07, 6.45) is 4.32. The summed E-state index contributed by atoms with van der Waals surface area (Å²) in [4.78, 5) is 0. The van der Waals surface area contributed by atoms with Crippen LogP contribution in [0.1, 0.15) is 12.8 Å². The van der Waals surface area contributed by atoms with Crippen molar-refractivity contribution in [2.75, 3.05) is 6.61 Å². The van der Waals surface area contributed by atoms with Gasteiger partial charge in [0, 0.05) is 0 Å². The molecule has 1 unspecified atom stereocenters. The predicted octanol–water partition coefficient (Wildman–Crippen LogP) is 1.15. The van der Waals surface area contributed by atoms with Crippen molar-refractivity contribution in [2.45, 2.75) is 18.9 Å². The first-order valence-electron chi connectivity index (χ1n) is 2.58. The van der Waals surface area contributed by atoms with Gasteiger partial charge >= 0.3 is 0 Å². The van der Waals surface area contributed by atoms with E-state index in [1.807, 2.05) is 0 Å². The smallest absolute Gasteiger partial charge is 0.0812 e. The van der Waals surface area contributed by atoms with Crippen LogP contribution in [0, 0.1) is 6.58 Å². The highest BCUT2D eigenvalue weighted by Crippen LogP contribution is 2.14. The van der Waals surface area contributed by atoms with Gasteiger partial charge in [-0.3, -0.25) is 0 Å². The van der Waals surface area contributed by atoms with Gasteiger partial charge in [0.25, 0.3) is 0 Å². The third kappa shape index (κ3) is 1.74. The molecule has 1 nitrogen and oxygen atoms in total. The Bertz CT molecular complexity index is 64.6. The lowest BCUT2D eigenvalue weighted by Crippen LogP contribution is -1.79. The van der Waals surface area contributed by atoms with E-state index in [2.05, 4.69) is 0 Å². The first-order chi connectivity index (χ1) is 3.43. The van der Waals surface area contributed by atoms with Crippen LogP contribution in [0.3, 0.4) is 0 Å². The molecule has 39 valence electrons. The summed E-state index contributed by atoms with van der Waals surface area (Å²) in [6, 6.07) is 0. The third-order valence-corrected chi connectivity index (χ3v) is 1.06. The highest BCUT2D eigenvalue weighted by Gasteiger charge is 2.20. The molecule has 0 amide bonds. The van der Waals surface area contributed by atoms with Crippen LogP contribution in [0.25, 0.3) is 0 Å². The van der Waals surface area contributed by atoms with E-state index >= 15 is 0 Å². The van der Waals surface area contributed by atoms with Crippen molar-refractivity contribution >= 4 is 0 Å². The molecule has 0 aromatic carbocycles. The molecule has 1 fully saturated rings. The zero-order valence-corrected chi connectivity index (χ0v) is 4.26. The van der Waals surface area contributed by atoms with Crippen molar-refractivity contribution in [3.63, 3.8) is 0 Å². The van der Waals surface area contributed by atoms with Crippen LogP contribution < -0.4 is 0 Å². The molecule has 0 saturated carbocycles. The molecule has 1 rings (SSSR count). The summed E-state index contributed by atoms with van der Waals surface area (Å²) in [5, 5.41) is 0. The highest BCUT2D eigenvalue weighted by atomic mass is 16.6. The molecule has 1 aliphatic heterocycles. The maximum Gasteiger partial charge on any atom is 0.0812 e. The quantitative estimate of drug-likeness (QED) is 0.481. The molecule has 1 radical (unpaired) electrons. The fraction of sp³-hybridized carbons (Fsp3) is 0.667. The minimum Gasteiger partial charge on any atom is -0.373 e. The van der Waals surface area contributed by atoms with Crippen molar-refractivity contribution in [3.8, 4) is 0 Å². The molecular weight excluding hydrogens is 88.1 g/mol. The summed E-state index contributed by atoms with van der Waals surface area (Å²) in [5.74, 6) is 0. The van der Waals surface area contributed by atoms with Crippen LogP contribution in [-0.2, 0) is 4.74 Å². The molecule has 1 heteroatoms. The van der Waals surface area contributed by atoms with Crippen LogP contribution in [0.15, 0.2) is 6.08 Å². The van der Waals surface area contributed by atoms with Gasteiger partial charge in [-0.2, -0.15) is 0 Å². The predicted molar refractivity (Wildman–Crippen MR) is 27.8 cm³/mol. The summed E-state index contributed by atoms with van der Waals surface area (Å²) < 4.78 is 4.94. The summed E-state index contributed by atoms with van der Waals surface area (Å²) in [5.41, 5.74) is 0. The Kier molecular flexibility index (Phi) is 1.47. The zero-order chi connectivity index (χ0) is 5.11. The Balaban J connectivity index is 1.88. The van der Waals surface area contributed by atoms with Gasteiger partial charge in [-0.05, 0) is 12.8 Å². The SMILES string of the molecule is [CH]=CCCC1CO1. The lowest BCUT2D eigenvalue weighted by Gasteiger charge is -1.82. The molecule has 1 atom stereocenters. The second-order valence-corrected chi connectivity index (χ2v) is 1.77. The van der Waals surface area contributed by atoms with Crippen molar-refractivity contribution < 1.29 is 4.74 Å². The molecule has 0 aromatic heterocycles. The Labute approximate surface area is 44.0 Å². The molecule has 1 heterocycles. The number of hydrogen-bond donors (Lipinski definition) is 0. The average Bonchev–Trinajstić information content (AvgIpc) is 2.42. The summed E-state index contributed by atoms with van der Waals surface area (Å²) >= 11 is 0. The minimum atomic E-state index is 0.541. The number of allylic oxidation sites excluding steroid dienone is 1. The van der Waals surface area contributed by atoms with Gasteiger partial charge in [0.15, 0.2) is 0 Å². The van der Waals surface area contributed by atoms with Crippen molar-refractivity contribution in [1.29, 1.82) is 0 Å². The molecular formula is C6H9O. The van der Waals surface area contributed by atoms with E-state index < -0.39 is 0 Å². The van der Waals surface area contributed by atoms with E-state index in [0.29, 0.717) is 6.10 Å². The highest BCUT2D eigenvalue weighted by molar-refractivity contribution is 4.73. The van der Waals surface area contributed by atoms with Gasteiger partial charge < -0.3 is 4.74 Å². The van der Waals surface area contributed by atoms with E-state index in [-0.39, 0.29) is 0 Å². The van der Waals surface area contributed by atoms with Crippen LogP contribution in [0.5, 0.6) is 0 Å². The van der Waals surface area contributed by atoms with E-state index in [4.69, 9.17) is 11.3 Å². The first kappa shape index (κ1) is 4.85. The van der Waals surface area contributed by atoms with Crippen molar-refractivity contribution in [2.24, 2.45) is 0 Å². The first-order valence-corrected chi connectivity index (χ1v) is 2.58. The third-order valence-electron chi connectivity index (χ3n) is 1.06. The van der Waals surface area contributed by atoms with Gasteiger partial charge in [-0.15, -0.1) is 0 Å². The van der Waals surface area contributed by atoms with E-state index in [9.17, 15) is 0 Å². The lowest BCUT2D eigenvalue weighted by molar-refractivity contribution is 0.398. The van der Waals surface area contributed by atoms with Crippen molar-refractivity contribution in [1.82, 2.24) is 0 Å². The normalized spacial score (nSPS) is 27.1. The molecule has 0 spiro atoms. The van der Waals surface area contributed by atoms with Crippen LogP contribution >= 0.6 is 0 Å². The van der Waals surface area contributed by atoms with E-state index in [0.717, 1.165) is 19.4 Å². The Hall–Kier alpha value is -0.300. The number of rotatable bonds is 3. The molecule has 0 aromatic rings. The Morgan fingerprint density at radius 2 is 2.57 bits per heavy atom. The standard InChI is InChI=1S/C6H9O/c1-2-3-4-6-5-7-6/h1-2,6H,3-5H2. The van der Waals surface area contributed by atoms with E-state index in [1.54, 1.807) is 6.08 Å². The molecule has 1 saturated heterocycles. The summed E-state index contributed by atoms with van der Waals surface area (Å²) in [6.45, 7) is 6.08. The molecule has 0 aliphatic carbocycles. The molecule has 0 bridgehead atoms.